The lowest BCUT2D eigenvalue weighted by atomic mass is 9.81. The van der Waals surface area contributed by atoms with Crippen molar-refractivity contribution >= 4 is 22.5 Å². The van der Waals surface area contributed by atoms with Crippen molar-refractivity contribution < 1.29 is 9.18 Å². The molecule has 24 heavy (non-hydrogen) atoms. The first-order valence-corrected chi connectivity index (χ1v) is 8.22. The second-order valence-corrected chi connectivity index (χ2v) is 7.75. The first-order chi connectivity index (χ1) is 11.1. The zero-order valence-corrected chi connectivity index (χ0v) is 14.7. The van der Waals surface area contributed by atoms with Crippen molar-refractivity contribution in [1.29, 1.82) is 0 Å². The summed E-state index contributed by atoms with van der Waals surface area (Å²) in [6, 6.07) is 1.22. The molecular weight excluding hydrogens is 307 g/mol. The lowest BCUT2D eigenvalue weighted by molar-refractivity contribution is 0.100. The van der Waals surface area contributed by atoms with Crippen LogP contribution in [0, 0.1) is 25.1 Å². The largest absolute Gasteiger partial charge is 0.367 e. The van der Waals surface area contributed by atoms with Crippen LogP contribution in [0.4, 0.5) is 10.1 Å². The van der Waals surface area contributed by atoms with Crippen molar-refractivity contribution in [2.45, 2.75) is 40.2 Å². The predicted molar refractivity (Wildman–Crippen MR) is 94.8 cm³/mol. The summed E-state index contributed by atoms with van der Waals surface area (Å²) < 4.78 is 15.0. The Balaban J connectivity index is 2.27. The van der Waals surface area contributed by atoms with Gasteiger partial charge in [0.2, 0.25) is 0 Å². The first-order valence-electron chi connectivity index (χ1n) is 8.22. The highest BCUT2D eigenvalue weighted by Gasteiger charge is 2.34. The number of nitrogens with zero attached hydrogens (tertiary/aromatic N) is 1. The number of benzene rings is 1. The highest BCUT2D eigenvalue weighted by Crippen LogP contribution is 2.39. The fraction of sp³-hybridized carbons (Fsp3) is 0.500. The molecule has 2 heterocycles. The summed E-state index contributed by atoms with van der Waals surface area (Å²) in [5.41, 5.74) is 14.8. The Kier molecular flexibility index (Phi) is 3.83. The molecule has 1 aliphatic rings. The van der Waals surface area contributed by atoms with Gasteiger partial charge in [-0.3, -0.25) is 4.79 Å². The number of nitrogens with two attached hydrogens (primary N) is 2. The molecule has 1 atom stereocenters. The minimum absolute atomic E-state index is 0.00194. The number of hydrogen-bond acceptors (Lipinski definition) is 3. The molecule has 1 aromatic heterocycles. The Morgan fingerprint density at radius 3 is 2.67 bits per heavy atom. The SMILES string of the molecule is Cc1[nH]c2c(C(N)=O)cc(F)c(N3C[C@@H](N)CC(C)(C)C3)c2c1C. The van der Waals surface area contributed by atoms with Crippen LogP contribution >= 0.6 is 0 Å². The van der Waals surface area contributed by atoms with Gasteiger partial charge in [-0.15, -0.1) is 0 Å². The summed E-state index contributed by atoms with van der Waals surface area (Å²) in [5.74, 6) is -1.06. The molecule has 0 aliphatic carbocycles. The molecule has 1 saturated heterocycles. The van der Waals surface area contributed by atoms with Crippen LogP contribution in [-0.2, 0) is 0 Å². The molecule has 1 fully saturated rings. The number of primary amides is 1. The van der Waals surface area contributed by atoms with Gasteiger partial charge in [-0.25, -0.2) is 4.39 Å². The van der Waals surface area contributed by atoms with Crippen molar-refractivity contribution in [2.75, 3.05) is 18.0 Å². The van der Waals surface area contributed by atoms with Gasteiger partial charge in [0.25, 0.3) is 5.91 Å². The Morgan fingerprint density at radius 1 is 1.42 bits per heavy atom. The van der Waals surface area contributed by atoms with E-state index in [1.165, 1.54) is 6.07 Å². The third kappa shape index (κ3) is 2.65. The van der Waals surface area contributed by atoms with E-state index in [-0.39, 0.29) is 17.0 Å². The lowest BCUT2D eigenvalue weighted by Crippen LogP contribution is -2.51. The van der Waals surface area contributed by atoms with Crippen LogP contribution in [0.3, 0.4) is 0 Å². The van der Waals surface area contributed by atoms with Crippen LogP contribution in [0.1, 0.15) is 41.9 Å². The molecule has 1 aliphatic heterocycles. The average Bonchev–Trinajstić information content (AvgIpc) is 2.72. The molecular formula is C18H25FN4O. The highest BCUT2D eigenvalue weighted by atomic mass is 19.1. The summed E-state index contributed by atoms with van der Waals surface area (Å²) in [6.45, 7) is 9.42. The average molecular weight is 332 g/mol. The standard InChI is InChI=1S/C18H25FN4O/c1-9-10(2)22-15-12(17(21)24)5-13(19)16(14(9)15)23-7-11(20)6-18(3,4)8-23/h5,11,22H,6-8,20H2,1-4H3,(H2,21,24)/t11-/m0/s1. The number of amides is 1. The predicted octanol–water partition coefficient (Wildman–Crippen LogP) is 2.59. The summed E-state index contributed by atoms with van der Waals surface area (Å²) in [6.07, 6.45) is 0.902. The number of rotatable bonds is 2. The number of piperidine rings is 1. The Morgan fingerprint density at radius 2 is 2.08 bits per heavy atom. The summed E-state index contributed by atoms with van der Waals surface area (Å²) >= 11 is 0. The number of carbonyl (C=O) groups is 1. The molecule has 0 saturated carbocycles. The molecule has 3 rings (SSSR count). The molecule has 0 bridgehead atoms. The van der Waals surface area contributed by atoms with E-state index in [4.69, 9.17) is 11.5 Å². The van der Waals surface area contributed by atoms with Crippen molar-refractivity contribution in [1.82, 2.24) is 4.98 Å². The number of aromatic nitrogens is 1. The van der Waals surface area contributed by atoms with E-state index < -0.39 is 11.7 Å². The van der Waals surface area contributed by atoms with Crippen molar-refractivity contribution in [2.24, 2.45) is 16.9 Å². The Hall–Kier alpha value is -2.08. The summed E-state index contributed by atoms with van der Waals surface area (Å²) in [7, 11) is 0. The molecule has 130 valence electrons. The van der Waals surface area contributed by atoms with Gasteiger partial charge in [-0.05, 0) is 37.3 Å². The topological polar surface area (TPSA) is 88.1 Å². The quantitative estimate of drug-likeness (QED) is 0.790. The third-order valence-electron chi connectivity index (χ3n) is 4.97. The van der Waals surface area contributed by atoms with E-state index in [0.29, 0.717) is 24.3 Å². The third-order valence-corrected chi connectivity index (χ3v) is 4.97. The molecule has 0 unspecified atom stereocenters. The number of fused-ring (bicyclic) bond motifs is 1. The van der Waals surface area contributed by atoms with E-state index in [2.05, 4.69) is 18.8 Å². The Labute approximate surface area is 141 Å². The minimum Gasteiger partial charge on any atom is -0.367 e. The van der Waals surface area contributed by atoms with Crippen LogP contribution in [0.25, 0.3) is 10.9 Å². The maximum atomic E-state index is 15.0. The molecule has 0 spiro atoms. The van der Waals surface area contributed by atoms with Crippen LogP contribution in [0.15, 0.2) is 6.07 Å². The van der Waals surface area contributed by atoms with E-state index in [0.717, 1.165) is 23.1 Å². The van der Waals surface area contributed by atoms with E-state index in [9.17, 15) is 9.18 Å². The molecule has 1 amide bonds. The fourth-order valence-corrected chi connectivity index (χ4v) is 3.98. The van der Waals surface area contributed by atoms with E-state index in [1.807, 2.05) is 18.7 Å². The molecule has 2 aromatic rings. The van der Waals surface area contributed by atoms with Crippen LogP contribution in [-0.4, -0.2) is 30.0 Å². The number of hydrogen-bond donors (Lipinski definition) is 3. The van der Waals surface area contributed by atoms with Gasteiger partial charge in [-0.2, -0.15) is 0 Å². The highest BCUT2D eigenvalue weighted by molar-refractivity contribution is 6.10. The van der Waals surface area contributed by atoms with Gasteiger partial charge < -0.3 is 21.4 Å². The number of anilines is 1. The van der Waals surface area contributed by atoms with Gasteiger partial charge in [0.15, 0.2) is 0 Å². The second-order valence-electron chi connectivity index (χ2n) is 7.75. The van der Waals surface area contributed by atoms with Gasteiger partial charge >= 0.3 is 0 Å². The van der Waals surface area contributed by atoms with Crippen LogP contribution in [0.5, 0.6) is 0 Å². The zero-order chi connectivity index (χ0) is 17.8. The number of halogens is 1. The zero-order valence-electron chi connectivity index (χ0n) is 14.7. The summed E-state index contributed by atoms with van der Waals surface area (Å²) in [5, 5.41) is 0.728. The number of H-pyrrole nitrogens is 1. The lowest BCUT2D eigenvalue weighted by Gasteiger charge is -2.43. The monoisotopic (exact) mass is 332 g/mol. The molecule has 6 heteroatoms. The van der Waals surface area contributed by atoms with E-state index in [1.54, 1.807) is 0 Å². The summed E-state index contributed by atoms with van der Waals surface area (Å²) in [4.78, 5) is 16.9. The van der Waals surface area contributed by atoms with Crippen molar-refractivity contribution in [3.63, 3.8) is 0 Å². The van der Waals surface area contributed by atoms with Crippen LogP contribution in [0.2, 0.25) is 0 Å². The molecule has 5 N–H and O–H groups in total. The Bertz CT molecular complexity index is 824. The van der Waals surface area contributed by atoms with Gasteiger partial charge in [-0.1, -0.05) is 13.8 Å². The fourth-order valence-electron chi connectivity index (χ4n) is 3.98. The van der Waals surface area contributed by atoms with Gasteiger partial charge in [0.05, 0.1) is 16.8 Å². The number of aromatic amines is 1. The minimum atomic E-state index is -0.637. The smallest absolute Gasteiger partial charge is 0.250 e. The van der Waals surface area contributed by atoms with Crippen molar-refractivity contribution in [3.05, 3.63) is 28.7 Å². The molecule has 0 radical (unpaired) electrons. The molecule has 5 nitrogen and oxygen atoms in total. The van der Waals surface area contributed by atoms with Crippen molar-refractivity contribution in [3.8, 4) is 0 Å². The normalized spacial score (nSPS) is 20.6. The number of carbonyl (C=O) groups excluding carboxylic acids is 1. The maximum Gasteiger partial charge on any atom is 0.250 e. The number of aryl methyl sites for hydroxylation is 2. The van der Waals surface area contributed by atoms with E-state index >= 15 is 0 Å². The van der Waals surface area contributed by atoms with Gasteiger partial charge in [0.1, 0.15) is 5.82 Å². The maximum absolute atomic E-state index is 15.0. The first kappa shape index (κ1) is 16.8. The van der Waals surface area contributed by atoms with Crippen LogP contribution < -0.4 is 16.4 Å². The van der Waals surface area contributed by atoms with Gasteiger partial charge in [0, 0.05) is 30.2 Å². The number of nitrogens with one attached hydrogen (secondary N) is 1. The second kappa shape index (κ2) is 5.48. The molecule has 1 aromatic carbocycles.